The number of carbonyl (C=O) groups excluding carboxylic acids is 1. The molecule has 0 saturated carbocycles. The summed E-state index contributed by atoms with van der Waals surface area (Å²) in [6, 6.07) is 6.86. The van der Waals surface area contributed by atoms with Gasteiger partial charge in [-0.15, -0.1) is 0 Å². The third-order valence-corrected chi connectivity index (χ3v) is 5.65. The second kappa shape index (κ2) is 8.09. The van der Waals surface area contributed by atoms with Gasteiger partial charge in [-0.25, -0.2) is 4.79 Å². The maximum absolute atomic E-state index is 12.5. The number of anilines is 2. The van der Waals surface area contributed by atoms with Gasteiger partial charge in [-0.3, -0.25) is 0 Å². The third-order valence-electron chi connectivity index (χ3n) is 5.65. The molecule has 25 heavy (non-hydrogen) atoms. The van der Waals surface area contributed by atoms with E-state index >= 15 is 0 Å². The van der Waals surface area contributed by atoms with Crippen molar-refractivity contribution in [2.24, 2.45) is 5.92 Å². The maximum Gasteiger partial charge on any atom is 0.321 e. The number of aliphatic hydroxyl groups is 1. The molecule has 2 atom stereocenters. The molecule has 2 fully saturated rings. The van der Waals surface area contributed by atoms with Crippen LogP contribution in [0.15, 0.2) is 18.2 Å². The van der Waals surface area contributed by atoms with Gasteiger partial charge in [-0.1, -0.05) is 0 Å². The number of urea groups is 1. The van der Waals surface area contributed by atoms with Crippen LogP contribution in [0.25, 0.3) is 0 Å². The molecule has 2 saturated heterocycles. The highest BCUT2D eigenvalue weighted by molar-refractivity contribution is 5.90. The molecule has 3 rings (SSSR count). The SMILES string of the molecule is Cc1cc(N2CCCCC2C)ccc1NC(=O)N1CCCC(CO)C1. The first-order valence-corrected chi connectivity index (χ1v) is 9.62. The number of piperidine rings is 2. The number of aliphatic hydroxyl groups excluding tert-OH is 1. The molecule has 0 aromatic heterocycles. The lowest BCUT2D eigenvalue weighted by atomic mass is 9.99. The number of aryl methyl sites for hydroxylation is 1. The fourth-order valence-corrected chi connectivity index (χ4v) is 4.04. The summed E-state index contributed by atoms with van der Waals surface area (Å²) >= 11 is 0. The predicted molar refractivity (Wildman–Crippen MR) is 102 cm³/mol. The van der Waals surface area contributed by atoms with Crippen molar-refractivity contribution < 1.29 is 9.90 Å². The van der Waals surface area contributed by atoms with Crippen LogP contribution in [0, 0.1) is 12.8 Å². The zero-order chi connectivity index (χ0) is 17.8. The molecule has 2 N–H and O–H groups in total. The van der Waals surface area contributed by atoms with E-state index in [4.69, 9.17) is 0 Å². The Balaban J connectivity index is 1.65. The third kappa shape index (κ3) is 4.27. The molecule has 0 spiro atoms. The van der Waals surface area contributed by atoms with Crippen molar-refractivity contribution in [3.05, 3.63) is 23.8 Å². The van der Waals surface area contributed by atoms with Gasteiger partial charge in [0.2, 0.25) is 0 Å². The minimum atomic E-state index is -0.0552. The zero-order valence-electron chi connectivity index (χ0n) is 15.5. The van der Waals surface area contributed by atoms with E-state index in [1.54, 1.807) is 0 Å². The van der Waals surface area contributed by atoms with Crippen LogP contribution in [-0.4, -0.2) is 48.3 Å². The lowest BCUT2D eigenvalue weighted by molar-refractivity contribution is 0.136. The quantitative estimate of drug-likeness (QED) is 0.880. The molecule has 2 amide bonds. The van der Waals surface area contributed by atoms with Gasteiger partial charge in [0.25, 0.3) is 0 Å². The highest BCUT2D eigenvalue weighted by Crippen LogP contribution is 2.28. The normalized spacial score (nSPS) is 24.3. The van der Waals surface area contributed by atoms with Crippen molar-refractivity contribution in [1.82, 2.24) is 4.90 Å². The molecule has 138 valence electrons. The number of amides is 2. The van der Waals surface area contributed by atoms with E-state index in [0.717, 1.165) is 37.2 Å². The largest absolute Gasteiger partial charge is 0.396 e. The second-order valence-corrected chi connectivity index (χ2v) is 7.60. The van der Waals surface area contributed by atoms with Crippen LogP contribution in [-0.2, 0) is 0 Å². The summed E-state index contributed by atoms with van der Waals surface area (Å²) in [6.07, 6.45) is 5.78. The van der Waals surface area contributed by atoms with Crippen molar-refractivity contribution in [1.29, 1.82) is 0 Å². The first kappa shape index (κ1) is 18.1. The van der Waals surface area contributed by atoms with Gasteiger partial charge in [0.05, 0.1) is 0 Å². The van der Waals surface area contributed by atoms with Crippen LogP contribution in [0.3, 0.4) is 0 Å². The number of nitrogens with zero attached hydrogens (tertiary/aromatic N) is 2. The number of hydrogen-bond donors (Lipinski definition) is 2. The van der Waals surface area contributed by atoms with Crippen LogP contribution < -0.4 is 10.2 Å². The number of hydrogen-bond acceptors (Lipinski definition) is 3. The molecule has 1 aromatic rings. The highest BCUT2D eigenvalue weighted by atomic mass is 16.3. The molecule has 0 radical (unpaired) electrons. The first-order valence-electron chi connectivity index (χ1n) is 9.62. The van der Waals surface area contributed by atoms with Gasteiger partial charge in [-0.2, -0.15) is 0 Å². The predicted octanol–water partition coefficient (Wildman–Crippen LogP) is 3.61. The van der Waals surface area contributed by atoms with E-state index in [-0.39, 0.29) is 18.6 Å². The summed E-state index contributed by atoms with van der Waals surface area (Å²) in [5, 5.41) is 12.4. The Morgan fingerprint density at radius 2 is 2.08 bits per heavy atom. The Labute approximate surface area is 151 Å². The number of benzene rings is 1. The van der Waals surface area contributed by atoms with E-state index in [0.29, 0.717) is 12.6 Å². The molecule has 2 heterocycles. The number of nitrogens with one attached hydrogen (secondary N) is 1. The van der Waals surface area contributed by atoms with Crippen molar-refractivity contribution in [3.63, 3.8) is 0 Å². The van der Waals surface area contributed by atoms with E-state index in [9.17, 15) is 9.90 Å². The smallest absolute Gasteiger partial charge is 0.321 e. The van der Waals surface area contributed by atoms with E-state index in [1.165, 1.54) is 24.9 Å². The molecule has 1 aromatic carbocycles. The second-order valence-electron chi connectivity index (χ2n) is 7.60. The van der Waals surface area contributed by atoms with Gasteiger partial charge >= 0.3 is 6.03 Å². The van der Waals surface area contributed by atoms with Gasteiger partial charge in [0, 0.05) is 43.7 Å². The number of carbonyl (C=O) groups is 1. The fourth-order valence-electron chi connectivity index (χ4n) is 4.04. The summed E-state index contributed by atoms with van der Waals surface area (Å²) < 4.78 is 0. The highest BCUT2D eigenvalue weighted by Gasteiger charge is 2.24. The minimum Gasteiger partial charge on any atom is -0.396 e. The Hall–Kier alpha value is -1.75. The van der Waals surface area contributed by atoms with Crippen LogP contribution >= 0.6 is 0 Å². The monoisotopic (exact) mass is 345 g/mol. The summed E-state index contributed by atoms with van der Waals surface area (Å²) in [6.45, 7) is 7.03. The van der Waals surface area contributed by atoms with Crippen molar-refractivity contribution in [3.8, 4) is 0 Å². The molecule has 0 bridgehead atoms. The molecule has 5 nitrogen and oxygen atoms in total. The van der Waals surface area contributed by atoms with E-state index < -0.39 is 0 Å². The Kier molecular flexibility index (Phi) is 5.84. The Morgan fingerprint density at radius 3 is 2.80 bits per heavy atom. The van der Waals surface area contributed by atoms with Crippen LogP contribution in [0.1, 0.15) is 44.6 Å². The molecule has 2 unspecified atom stereocenters. The van der Waals surface area contributed by atoms with Crippen LogP contribution in [0.4, 0.5) is 16.2 Å². The van der Waals surface area contributed by atoms with Gasteiger partial charge in [-0.05, 0) is 75.6 Å². The molecule has 5 heteroatoms. The number of likely N-dealkylation sites (tertiary alicyclic amines) is 1. The van der Waals surface area contributed by atoms with Gasteiger partial charge in [0.15, 0.2) is 0 Å². The molecule has 2 aliphatic rings. The molecular formula is C20H31N3O2. The topological polar surface area (TPSA) is 55.8 Å². The Bertz CT molecular complexity index is 605. The zero-order valence-corrected chi connectivity index (χ0v) is 15.5. The number of rotatable bonds is 3. The summed E-state index contributed by atoms with van der Waals surface area (Å²) in [5.41, 5.74) is 3.23. The van der Waals surface area contributed by atoms with Crippen molar-refractivity contribution in [2.45, 2.75) is 52.0 Å². The minimum absolute atomic E-state index is 0.0552. The standard InChI is InChI=1S/C20H31N3O2/c1-15-12-18(23-11-4-3-6-16(23)2)8-9-19(15)21-20(25)22-10-5-7-17(13-22)14-24/h8-9,12,16-17,24H,3-7,10-11,13-14H2,1-2H3,(H,21,25). The average Bonchev–Trinajstić information content (AvgIpc) is 2.64. The Morgan fingerprint density at radius 1 is 1.24 bits per heavy atom. The lowest BCUT2D eigenvalue weighted by Gasteiger charge is -2.36. The van der Waals surface area contributed by atoms with Crippen molar-refractivity contribution in [2.75, 3.05) is 36.5 Å². The first-order chi connectivity index (χ1) is 12.1. The van der Waals surface area contributed by atoms with E-state index in [2.05, 4.69) is 36.2 Å². The summed E-state index contributed by atoms with van der Waals surface area (Å²) in [4.78, 5) is 16.8. The molecule has 0 aliphatic carbocycles. The van der Waals surface area contributed by atoms with Crippen molar-refractivity contribution >= 4 is 17.4 Å². The lowest BCUT2D eigenvalue weighted by Crippen LogP contribution is -2.43. The molecule has 2 aliphatic heterocycles. The summed E-state index contributed by atoms with van der Waals surface area (Å²) in [5.74, 6) is 0.212. The molecular weight excluding hydrogens is 314 g/mol. The fraction of sp³-hybridized carbons (Fsp3) is 0.650. The maximum atomic E-state index is 12.5. The van der Waals surface area contributed by atoms with Crippen LogP contribution in [0.5, 0.6) is 0 Å². The van der Waals surface area contributed by atoms with E-state index in [1.807, 2.05) is 11.0 Å². The average molecular weight is 345 g/mol. The summed E-state index contributed by atoms with van der Waals surface area (Å²) in [7, 11) is 0. The van der Waals surface area contributed by atoms with Gasteiger partial charge in [0.1, 0.15) is 0 Å². The van der Waals surface area contributed by atoms with Crippen LogP contribution in [0.2, 0.25) is 0 Å². The van der Waals surface area contributed by atoms with Gasteiger partial charge < -0.3 is 20.2 Å².